The molecule has 2 rings (SSSR count). The van der Waals surface area contributed by atoms with Crippen LogP contribution in [0.5, 0.6) is 0 Å². The van der Waals surface area contributed by atoms with Crippen molar-refractivity contribution >= 4 is 17.9 Å². The fraction of sp³-hybridized carbons (Fsp3) is 0.500. The molecule has 1 aromatic heterocycles. The van der Waals surface area contributed by atoms with Crippen LogP contribution in [0.25, 0.3) is 0 Å². The number of alkyl halides is 3. The molecule has 2 amide bonds. The number of furan rings is 1. The van der Waals surface area contributed by atoms with Gasteiger partial charge in [0.25, 0.3) is 5.72 Å². The van der Waals surface area contributed by atoms with Crippen LogP contribution in [-0.2, 0) is 9.53 Å². The minimum absolute atomic E-state index is 0.303. The second kappa shape index (κ2) is 6.23. The van der Waals surface area contributed by atoms with Gasteiger partial charge < -0.3 is 24.9 Å². The zero-order valence-corrected chi connectivity index (χ0v) is 12.5. The van der Waals surface area contributed by atoms with Gasteiger partial charge in [-0.2, -0.15) is 13.2 Å². The fourth-order valence-corrected chi connectivity index (χ4v) is 2.38. The van der Waals surface area contributed by atoms with E-state index in [2.05, 4.69) is 4.74 Å². The molecular weight excluding hydrogens is 355 g/mol. The number of ether oxygens (including phenoxy) is 1. The Morgan fingerprint density at radius 3 is 2.64 bits per heavy atom. The number of nitro groups is 1. The first-order chi connectivity index (χ1) is 11.5. The molecule has 0 unspecified atom stereocenters. The minimum atomic E-state index is -5.45. The number of nitrogens with zero attached hydrogens (tertiary/aromatic N) is 1. The van der Waals surface area contributed by atoms with Crippen LogP contribution in [0.2, 0.25) is 0 Å². The molecule has 1 aliphatic heterocycles. The molecule has 1 aliphatic rings. The predicted octanol–water partition coefficient (Wildman–Crippen LogP) is 0.972. The number of carbonyl (C=O) groups is 2. The molecule has 0 saturated carbocycles. The van der Waals surface area contributed by atoms with Crippen molar-refractivity contribution in [2.24, 2.45) is 5.92 Å². The van der Waals surface area contributed by atoms with E-state index in [9.17, 15) is 38.0 Å². The summed E-state index contributed by atoms with van der Waals surface area (Å²) in [4.78, 5) is 33.3. The second-order valence-corrected chi connectivity index (χ2v) is 5.00. The van der Waals surface area contributed by atoms with Crippen molar-refractivity contribution in [3.8, 4) is 0 Å². The van der Waals surface area contributed by atoms with E-state index in [0.29, 0.717) is 0 Å². The summed E-state index contributed by atoms with van der Waals surface area (Å²) >= 11 is 0. The van der Waals surface area contributed by atoms with Crippen molar-refractivity contribution in [3.63, 3.8) is 0 Å². The van der Waals surface area contributed by atoms with E-state index < -0.39 is 52.4 Å². The third-order valence-electron chi connectivity index (χ3n) is 3.45. The van der Waals surface area contributed by atoms with Gasteiger partial charge in [0.1, 0.15) is 22.6 Å². The average molecular weight is 367 g/mol. The maximum absolute atomic E-state index is 13.3. The van der Waals surface area contributed by atoms with Crippen molar-refractivity contribution in [2.45, 2.75) is 24.9 Å². The third kappa shape index (κ3) is 3.22. The molecule has 10 nitrogen and oxygen atoms in total. The van der Waals surface area contributed by atoms with Crippen molar-refractivity contribution in [1.29, 1.82) is 0 Å². The second-order valence-electron chi connectivity index (χ2n) is 5.00. The normalized spacial score (nSPS) is 26.5. The zero-order chi connectivity index (χ0) is 19.0. The van der Waals surface area contributed by atoms with Gasteiger partial charge in [-0.25, -0.2) is 4.79 Å². The van der Waals surface area contributed by atoms with Crippen LogP contribution in [0.4, 0.5) is 23.8 Å². The van der Waals surface area contributed by atoms with Gasteiger partial charge in [0.15, 0.2) is 0 Å². The van der Waals surface area contributed by atoms with Crippen LogP contribution in [0.3, 0.4) is 0 Å². The first-order valence-corrected chi connectivity index (χ1v) is 6.79. The van der Waals surface area contributed by atoms with Gasteiger partial charge in [0.05, 0.1) is 12.7 Å². The van der Waals surface area contributed by atoms with E-state index in [1.165, 1.54) is 12.2 Å². The molecular formula is C12H12F3N3O7. The highest BCUT2D eigenvalue weighted by atomic mass is 19.4. The first-order valence-electron chi connectivity index (χ1n) is 6.79. The largest absolute Gasteiger partial charge is 0.466 e. The molecule has 0 spiro atoms. The topological polar surface area (TPSA) is 144 Å². The van der Waals surface area contributed by atoms with Crippen molar-refractivity contribution in [3.05, 3.63) is 28.0 Å². The molecule has 3 atom stereocenters. The number of urea groups is 1. The molecule has 0 aliphatic carbocycles. The number of hydrogen-bond acceptors (Lipinski definition) is 7. The zero-order valence-electron chi connectivity index (χ0n) is 12.5. The van der Waals surface area contributed by atoms with Gasteiger partial charge in [-0.1, -0.05) is 0 Å². The Labute approximate surface area is 137 Å². The van der Waals surface area contributed by atoms with E-state index in [4.69, 9.17) is 4.42 Å². The van der Waals surface area contributed by atoms with Crippen LogP contribution in [0.15, 0.2) is 16.5 Å². The fourth-order valence-electron chi connectivity index (χ4n) is 2.38. The Balaban J connectivity index is 2.55. The molecule has 3 N–H and O–H groups in total. The molecule has 0 aromatic carbocycles. The number of amides is 2. The van der Waals surface area contributed by atoms with Gasteiger partial charge in [-0.15, -0.1) is 0 Å². The number of halogens is 3. The van der Waals surface area contributed by atoms with E-state index in [0.717, 1.165) is 12.1 Å². The lowest BCUT2D eigenvalue weighted by molar-refractivity contribution is -0.402. The highest BCUT2D eigenvalue weighted by molar-refractivity contribution is 5.83. The predicted molar refractivity (Wildman–Crippen MR) is 70.9 cm³/mol. The third-order valence-corrected chi connectivity index (χ3v) is 3.45. The van der Waals surface area contributed by atoms with Crippen molar-refractivity contribution in [1.82, 2.24) is 10.6 Å². The summed E-state index contributed by atoms with van der Waals surface area (Å²) in [6, 6.07) is -1.56. The van der Waals surface area contributed by atoms with Crippen LogP contribution in [0.1, 0.15) is 18.7 Å². The van der Waals surface area contributed by atoms with Crippen molar-refractivity contribution < 1.29 is 41.9 Å². The van der Waals surface area contributed by atoms with Crippen LogP contribution >= 0.6 is 0 Å². The minimum Gasteiger partial charge on any atom is -0.466 e. The Bertz CT molecular complexity index is 704. The molecule has 13 heteroatoms. The molecule has 25 heavy (non-hydrogen) atoms. The summed E-state index contributed by atoms with van der Waals surface area (Å²) in [5.41, 5.74) is -3.96. The van der Waals surface area contributed by atoms with Gasteiger partial charge >= 0.3 is 24.1 Å². The number of carbonyl (C=O) groups excluding carboxylic acids is 2. The standard InChI is InChI=1S/C12H12F3N3O7/c1-2-24-9(19)7-8(5-3-4-6(25-5)18(22)23)16-10(20)17-11(7,21)12(13,14)15/h3-4,7-8,21H,2H2,1H3,(H2,16,17,20)/t7-,8+,11-/m1/s1. The molecule has 2 heterocycles. The Morgan fingerprint density at radius 1 is 1.52 bits per heavy atom. The highest BCUT2D eigenvalue weighted by Crippen LogP contribution is 2.43. The number of rotatable bonds is 4. The number of nitrogens with one attached hydrogen (secondary N) is 2. The van der Waals surface area contributed by atoms with E-state index in [-0.39, 0.29) is 6.61 Å². The van der Waals surface area contributed by atoms with E-state index in [1.807, 2.05) is 5.32 Å². The van der Waals surface area contributed by atoms with Gasteiger partial charge in [0, 0.05) is 0 Å². The van der Waals surface area contributed by atoms with Crippen LogP contribution < -0.4 is 10.6 Å². The SMILES string of the molecule is CCOC(=O)[C@H]1[C@H](c2ccc([N+](=O)[O-])o2)NC(=O)N[C@]1(O)C(F)(F)F. The summed E-state index contributed by atoms with van der Waals surface area (Å²) in [7, 11) is 0. The lowest BCUT2D eigenvalue weighted by Crippen LogP contribution is -2.73. The van der Waals surface area contributed by atoms with Gasteiger partial charge in [-0.3, -0.25) is 14.9 Å². The first kappa shape index (κ1) is 18.5. The monoisotopic (exact) mass is 367 g/mol. The molecule has 0 bridgehead atoms. The number of aliphatic hydroxyl groups is 1. The number of hydrogen-bond donors (Lipinski definition) is 3. The highest BCUT2D eigenvalue weighted by Gasteiger charge is 2.67. The average Bonchev–Trinajstić information content (AvgIpc) is 2.95. The number of esters is 1. The molecule has 1 aromatic rings. The van der Waals surface area contributed by atoms with Crippen molar-refractivity contribution in [2.75, 3.05) is 6.61 Å². The summed E-state index contributed by atoms with van der Waals surface area (Å²) in [6.07, 6.45) is -5.45. The van der Waals surface area contributed by atoms with Crippen LogP contribution in [0, 0.1) is 16.0 Å². The smallest absolute Gasteiger partial charge is 0.437 e. The lowest BCUT2D eigenvalue weighted by atomic mass is 9.84. The Morgan fingerprint density at radius 2 is 2.16 bits per heavy atom. The molecule has 1 fully saturated rings. The van der Waals surface area contributed by atoms with Gasteiger partial charge in [-0.05, 0) is 13.0 Å². The van der Waals surface area contributed by atoms with Gasteiger partial charge in [0.2, 0.25) is 0 Å². The maximum atomic E-state index is 13.3. The summed E-state index contributed by atoms with van der Waals surface area (Å²) in [5, 5.41) is 23.9. The lowest BCUT2D eigenvalue weighted by Gasteiger charge is -2.43. The Hall–Kier alpha value is -2.83. The summed E-state index contributed by atoms with van der Waals surface area (Å²) in [5.74, 6) is -5.24. The maximum Gasteiger partial charge on any atom is 0.437 e. The van der Waals surface area contributed by atoms with Crippen LogP contribution in [-0.4, -0.2) is 40.5 Å². The van der Waals surface area contributed by atoms with E-state index >= 15 is 0 Å². The molecule has 138 valence electrons. The molecule has 0 radical (unpaired) electrons. The van der Waals surface area contributed by atoms with E-state index in [1.54, 1.807) is 0 Å². The Kier molecular flexibility index (Phi) is 4.61. The quantitative estimate of drug-likeness (QED) is 0.409. The molecule has 1 saturated heterocycles. The summed E-state index contributed by atoms with van der Waals surface area (Å²) in [6.45, 7) is 1.02. The summed E-state index contributed by atoms with van der Waals surface area (Å²) < 4.78 is 49.3.